The molecule has 4 heteroatoms. The SMILES string of the molecule is CC(C)N(C)Cc1ccc(C#CC(=O)NO)cc1. The monoisotopic (exact) mass is 246 g/mol. The first kappa shape index (κ1) is 14.2. The second kappa shape index (κ2) is 6.80. The first-order chi connectivity index (χ1) is 8.52. The molecule has 1 aromatic rings. The topological polar surface area (TPSA) is 52.6 Å². The summed E-state index contributed by atoms with van der Waals surface area (Å²) in [6, 6.07) is 8.19. The van der Waals surface area contributed by atoms with E-state index >= 15 is 0 Å². The number of nitrogens with one attached hydrogen (secondary N) is 1. The van der Waals surface area contributed by atoms with Crippen molar-refractivity contribution in [1.29, 1.82) is 0 Å². The van der Waals surface area contributed by atoms with E-state index in [2.05, 4.69) is 37.6 Å². The first-order valence-electron chi connectivity index (χ1n) is 5.78. The molecule has 0 unspecified atom stereocenters. The fourth-order valence-electron chi connectivity index (χ4n) is 1.32. The molecule has 96 valence electrons. The van der Waals surface area contributed by atoms with E-state index in [4.69, 9.17) is 5.21 Å². The Hall–Kier alpha value is -1.83. The number of hydrogen-bond donors (Lipinski definition) is 2. The molecular weight excluding hydrogens is 228 g/mol. The van der Waals surface area contributed by atoms with E-state index in [0.717, 1.165) is 12.1 Å². The van der Waals surface area contributed by atoms with Crippen molar-refractivity contribution in [2.75, 3.05) is 7.05 Å². The van der Waals surface area contributed by atoms with E-state index in [1.807, 2.05) is 24.3 Å². The number of nitrogens with zero attached hydrogens (tertiary/aromatic N) is 1. The van der Waals surface area contributed by atoms with E-state index in [9.17, 15) is 4.79 Å². The molecule has 0 radical (unpaired) electrons. The second-order valence-electron chi connectivity index (χ2n) is 4.40. The van der Waals surface area contributed by atoms with Gasteiger partial charge in [0.1, 0.15) is 0 Å². The Morgan fingerprint density at radius 2 is 2.00 bits per heavy atom. The van der Waals surface area contributed by atoms with E-state index in [0.29, 0.717) is 6.04 Å². The smallest absolute Gasteiger partial charge is 0.300 e. The van der Waals surface area contributed by atoms with Crippen molar-refractivity contribution >= 4 is 5.91 Å². The Morgan fingerprint density at radius 1 is 1.39 bits per heavy atom. The van der Waals surface area contributed by atoms with Gasteiger partial charge in [0.15, 0.2) is 0 Å². The summed E-state index contributed by atoms with van der Waals surface area (Å²) < 4.78 is 0. The second-order valence-corrected chi connectivity index (χ2v) is 4.40. The third-order valence-electron chi connectivity index (χ3n) is 2.69. The minimum Gasteiger partial charge on any atom is -0.300 e. The standard InChI is InChI=1S/C14H18N2O2/c1-11(2)16(3)10-13-6-4-12(5-7-13)8-9-14(17)15-18/h4-7,11,18H,10H2,1-3H3,(H,15,17). The summed E-state index contributed by atoms with van der Waals surface area (Å²) >= 11 is 0. The van der Waals surface area contributed by atoms with Gasteiger partial charge in [0.25, 0.3) is 0 Å². The third kappa shape index (κ3) is 4.58. The molecule has 0 aromatic heterocycles. The lowest BCUT2D eigenvalue weighted by Gasteiger charge is -2.20. The molecule has 1 amide bonds. The number of hydroxylamine groups is 1. The van der Waals surface area contributed by atoms with Crippen molar-refractivity contribution in [2.45, 2.75) is 26.4 Å². The number of rotatable bonds is 3. The third-order valence-corrected chi connectivity index (χ3v) is 2.69. The summed E-state index contributed by atoms with van der Waals surface area (Å²) in [7, 11) is 2.07. The first-order valence-corrected chi connectivity index (χ1v) is 5.78. The molecule has 1 rings (SSSR count). The van der Waals surface area contributed by atoms with Crippen LogP contribution in [0.25, 0.3) is 0 Å². The highest BCUT2D eigenvalue weighted by molar-refractivity contribution is 5.93. The van der Waals surface area contributed by atoms with Crippen LogP contribution in [0, 0.1) is 11.8 Å². The molecule has 0 heterocycles. The predicted octanol–water partition coefficient (Wildman–Crippen LogP) is 1.38. The number of carbonyl (C=O) groups excluding carboxylic acids is 1. The zero-order chi connectivity index (χ0) is 13.5. The Balaban J connectivity index is 2.67. The van der Waals surface area contributed by atoms with E-state index in [-0.39, 0.29) is 0 Å². The Morgan fingerprint density at radius 3 is 2.50 bits per heavy atom. The molecule has 0 atom stereocenters. The van der Waals surface area contributed by atoms with Crippen LogP contribution >= 0.6 is 0 Å². The van der Waals surface area contributed by atoms with Gasteiger partial charge in [-0.05, 0) is 38.6 Å². The zero-order valence-electron chi connectivity index (χ0n) is 10.9. The maximum absolute atomic E-state index is 10.7. The fourth-order valence-corrected chi connectivity index (χ4v) is 1.32. The van der Waals surface area contributed by atoms with Gasteiger partial charge in [0.05, 0.1) is 0 Å². The number of benzene rings is 1. The highest BCUT2D eigenvalue weighted by Crippen LogP contribution is 2.07. The van der Waals surface area contributed by atoms with Crippen molar-refractivity contribution in [1.82, 2.24) is 10.4 Å². The van der Waals surface area contributed by atoms with Crippen molar-refractivity contribution in [2.24, 2.45) is 0 Å². The normalized spacial score (nSPS) is 10.1. The molecule has 0 spiro atoms. The number of carbonyl (C=O) groups is 1. The van der Waals surface area contributed by atoms with Crippen molar-refractivity contribution in [3.63, 3.8) is 0 Å². The molecule has 2 N–H and O–H groups in total. The van der Waals surface area contributed by atoms with E-state index in [1.54, 1.807) is 0 Å². The van der Waals surface area contributed by atoms with Crippen LogP contribution in [-0.2, 0) is 11.3 Å². The van der Waals surface area contributed by atoms with Gasteiger partial charge in [-0.15, -0.1) is 0 Å². The molecule has 0 aliphatic rings. The van der Waals surface area contributed by atoms with Crippen LogP contribution in [0.4, 0.5) is 0 Å². The summed E-state index contributed by atoms with van der Waals surface area (Å²) in [5.41, 5.74) is 3.41. The summed E-state index contributed by atoms with van der Waals surface area (Å²) in [5.74, 6) is 4.22. The van der Waals surface area contributed by atoms with Gasteiger partial charge in [-0.3, -0.25) is 14.9 Å². The molecule has 0 aliphatic carbocycles. The molecular formula is C14H18N2O2. The van der Waals surface area contributed by atoms with Gasteiger partial charge < -0.3 is 0 Å². The molecule has 0 aliphatic heterocycles. The lowest BCUT2D eigenvalue weighted by atomic mass is 10.1. The Labute approximate surface area is 108 Å². The molecule has 0 saturated heterocycles. The largest absolute Gasteiger partial charge is 0.319 e. The van der Waals surface area contributed by atoms with Crippen molar-refractivity contribution in [3.05, 3.63) is 35.4 Å². The number of hydrogen-bond acceptors (Lipinski definition) is 3. The van der Waals surface area contributed by atoms with Gasteiger partial charge in [-0.2, -0.15) is 0 Å². The van der Waals surface area contributed by atoms with Gasteiger partial charge in [0, 0.05) is 24.1 Å². The van der Waals surface area contributed by atoms with Crippen LogP contribution in [0.2, 0.25) is 0 Å². The highest BCUT2D eigenvalue weighted by Gasteiger charge is 2.03. The average Bonchev–Trinajstić information content (AvgIpc) is 2.37. The van der Waals surface area contributed by atoms with Gasteiger partial charge in [-0.1, -0.05) is 18.1 Å². The predicted molar refractivity (Wildman–Crippen MR) is 69.9 cm³/mol. The van der Waals surface area contributed by atoms with E-state index < -0.39 is 5.91 Å². The molecule has 4 nitrogen and oxygen atoms in total. The lowest BCUT2D eigenvalue weighted by Crippen LogP contribution is -2.25. The maximum atomic E-state index is 10.7. The minimum atomic E-state index is -0.710. The molecule has 18 heavy (non-hydrogen) atoms. The van der Waals surface area contributed by atoms with Crippen molar-refractivity contribution < 1.29 is 10.0 Å². The maximum Gasteiger partial charge on any atom is 0.319 e. The molecule has 1 aromatic carbocycles. The summed E-state index contributed by atoms with van der Waals surface area (Å²) in [6.07, 6.45) is 0. The molecule has 0 fully saturated rings. The van der Waals surface area contributed by atoms with Crippen LogP contribution in [0.5, 0.6) is 0 Å². The Kier molecular flexibility index (Phi) is 5.37. The Bertz CT molecular complexity index is 455. The quantitative estimate of drug-likeness (QED) is 0.481. The molecule has 0 saturated carbocycles. The van der Waals surface area contributed by atoms with Crippen LogP contribution in [-0.4, -0.2) is 29.1 Å². The van der Waals surface area contributed by atoms with E-state index in [1.165, 1.54) is 11.0 Å². The minimum absolute atomic E-state index is 0.498. The summed E-state index contributed by atoms with van der Waals surface area (Å²) in [4.78, 5) is 13.0. The lowest BCUT2D eigenvalue weighted by molar-refractivity contribution is -0.123. The van der Waals surface area contributed by atoms with Crippen LogP contribution in [0.15, 0.2) is 24.3 Å². The average molecular weight is 246 g/mol. The number of amides is 1. The van der Waals surface area contributed by atoms with Crippen LogP contribution in [0.1, 0.15) is 25.0 Å². The fraction of sp³-hybridized carbons (Fsp3) is 0.357. The van der Waals surface area contributed by atoms with Crippen molar-refractivity contribution in [3.8, 4) is 11.8 Å². The molecule has 0 bridgehead atoms. The summed E-state index contributed by atoms with van der Waals surface area (Å²) in [5, 5.41) is 8.30. The van der Waals surface area contributed by atoms with Gasteiger partial charge >= 0.3 is 5.91 Å². The highest BCUT2D eigenvalue weighted by atomic mass is 16.5. The van der Waals surface area contributed by atoms with Crippen LogP contribution < -0.4 is 5.48 Å². The van der Waals surface area contributed by atoms with Gasteiger partial charge in [0.2, 0.25) is 0 Å². The summed E-state index contributed by atoms with van der Waals surface area (Å²) in [6.45, 7) is 5.17. The van der Waals surface area contributed by atoms with Crippen LogP contribution in [0.3, 0.4) is 0 Å². The zero-order valence-corrected chi connectivity index (χ0v) is 10.9. The van der Waals surface area contributed by atoms with Gasteiger partial charge in [-0.25, -0.2) is 5.48 Å².